The van der Waals surface area contributed by atoms with Gasteiger partial charge in [0.25, 0.3) is 11.8 Å². The SMILES string of the molecule is C=CCNC(=O)c1cncc(C(=O)N(C)CCCC)c1. The van der Waals surface area contributed by atoms with E-state index in [9.17, 15) is 9.59 Å². The minimum atomic E-state index is -0.261. The van der Waals surface area contributed by atoms with E-state index in [1.807, 2.05) is 0 Å². The van der Waals surface area contributed by atoms with Crippen molar-refractivity contribution in [1.82, 2.24) is 15.2 Å². The molecule has 1 aromatic rings. The number of nitrogens with zero attached hydrogens (tertiary/aromatic N) is 2. The van der Waals surface area contributed by atoms with Gasteiger partial charge in [0.2, 0.25) is 0 Å². The quantitative estimate of drug-likeness (QED) is 0.773. The Kier molecular flexibility index (Phi) is 6.43. The molecule has 0 radical (unpaired) electrons. The van der Waals surface area contributed by atoms with Crippen LogP contribution in [0.3, 0.4) is 0 Å². The predicted octanol–water partition coefficient (Wildman–Crippen LogP) is 1.87. The van der Waals surface area contributed by atoms with Crippen molar-refractivity contribution < 1.29 is 9.59 Å². The van der Waals surface area contributed by atoms with Crippen LogP contribution in [0, 0.1) is 0 Å². The fourth-order valence-electron chi connectivity index (χ4n) is 1.67. The van der Waals surface area contributed by atoms with Gasteiger partial charge in [-0.3, -0.25) is 14.6 Å². The van der Waals surface area contributed by atoms with E-state index in [2.05, 4.69) is 23.8 Å². The summed E-state index contributed by atoms with van der Waals surface area (Å²) in [5.74, 6) is -0.382. The maximum Gasteiger partial charge on any atom is 0.255 e. The highest BCUT2D eigenvalue weighted by Crippen LogP contribution is 2.07. The van der Waals surface area contributed by atoms with E-state index in [0.29, 0.717) is 24.2 Å². The van der Waals surface area contributed by atoms with Gasteiger partial charge in [-0.05, 0) is 12.5 Å². The summed E-state index contributed by atoms with van der Waals surface area (Å²) in [7, 11) is 1.75. The molecule has 1 aromatic heterocycles. The number of nitrogens with one attached hydrogen (secondary N) is 1. The van der Waals surface area contributed by atoms with Crippen LogP contribution in [0.2, 0.25) is 0 Å². The molecular weight excluding hydrogens is 254 g/mol. The number of hydrogen-bond donors (Lipinski definition) is 1. The first-order valence-electron chi connectivity index (χ1n) is 6.69. The smallest absolute Gasteiger partial charge is 0.255 e. The van der Waals surface area contributed by atoms with Crippen LogP contribution in [0.4, 0.5) is 0 Å². The van der Waals surface area contributed by atoms with E-state index in [4.69, 9.17) is 0 Å². The molecule has 0 aliphatic rings. The molecule has 0 bridgehead atoms. The number of rotatable bonds is 7. The lowest BCUT2D eigenvalue weighted by Crippen LogP contribution is -2.28. The fraction of sp³-hybridized carbons (Fsp3) is 0.400. The number of unbranched alkanes of at least 4 members (excludes halogenated alkanes) is 1. The van der Waals surface area contributed by atoms with Crippen LogP contribution >= 0.6 is 0 Å². The summed E-state index contributed by atoms with van der Waals surface area (Å²) in [6.45, 7) is 6.69. The zero-order valence-electron chi connectivity index (χ0n) is 12.1. The molecule has 1 rings (SSSR count). The number of amides is 2. The number of pyridine rings is 1. The highest BCUT2D eigenvalue weighted by molar-refractivity contribution is 5.99. The molecule has 0 aliphatic heterocycles. The number of carbonyl (C=O) groups excluding carboxylic acids is 2. The lowest BCUT2D eigenvalue weighted by molar-refractivity contribution is 0.0793. The highest BCUT2D eigenvalue weighted by atomic mass is 16.2. The van der Waals surface area contributed by atoms with Crippen molar-refractivity contribution in [2.24, 2.45) is 0 Å². The molecule has 108 valence electrons. The van der Waals surface area contributed by atoms with Crippen molar-refractivity contribution in [2.75, 3.05) is 20.1 Å². The molecule has 5 nitrogen and oxygen atoms in total. The topological polar surface area (TPSA) is 62.3 Å². The van der Waals surface area contributed by atoms with Gasteiger partial charge >= 0.3 is 0 Å². The van der Waals surface area contributed by atoms with E-state index in [1.165, 1.54) is 12.4 Å². The third-order valence-corrected chi connectivity index (χ3v) is 2.85. The molecule has 0 saturated carbocycles. The van der Waals surface area contributed by atoms with Crippen LogP contribution in [0.5, 0.6) is 0 Å². The molecule has 20 heavy (non-hydrogen) atoms. The van der Waals surface area contributed by atoms with Crippen LogP contribution in [0.15, 0.2) is 31.1 Å². The van der Waals surface area contributed by atoms with Gasteiger partial charge in [-0.1, -0.05) is 19.4 Å². The Morgan fingerprint density at radius 2 is 2.10 bits per heavy atom. The first-order valence-corrected chi connectivity index (χ1v) is 6.69. The van der Waals surface area contributed by atoms with E-state index >= 15 is 0 Å². The van der Waals surface area contributed by atoms with Crippen molar-refractivity contribution in [3.8, 4) is 0 Å². The summed E-state index contributed by atoms with van der Waals surface area (Å²) >= 11 is 0. The van der Waals surface area contributed by atoms with Gasteiger partial charge in [0.15, 0.2) is 0 Å². The second kappa shape index (κ2) is 8.09. The largest absolute Gasteiger partial charge is 0.349 e. The maximum absolute atomic E-state index is 12.2. The van der Waals surface area contributed by atoms with Gasteiger partial charge < -0.3 is 10.2 Å². The van der Waals surface area contributed by atoms with Crippen LogP contribution in [0.25, 0.3) is 0 Å². The second-order valence-corrected chi connectivity index (χ2v) is 4.54. The van der Waals surface area contributed by atoms with Gasteiger partial charge in [-0.2, -0.15) is 0 Å². The molecule has 0 saturated heterocycles. The van der Waals surface area contributed by atoms with E-state index < -0.39 is 0 Å². The summed E-state index contributed by atoms with van der Waals surface area (Å²) in [6, 6.07) is 1.57. The Labute approximate surface area is 119 Å². The van der Waals surface area contributed by atoms with Crippen molar-refractivity contribution in [3.05, 3.63) is 42.2 Å². The molecule has 0 unspecified atom stereocenters. The van der Waals surface area contributed by atoms with Gasteiger partial charge in [-0.25, -0.2) is 0 Å². The van der Waals surface area contributed by atoms with Crippen LogP contribution in [-0.4, -0.2) is 41.8 Å². The monoisotopic (exact) mass is 275 g/mol. The Bertz CT molecular complexity index is 486. The standard InChI is InChI=1S/C15H21N3O2/c1-4-6-8-18(3)15(20)13-9-12(10-16-11-13)14(19)17-7-5-2/h5,9-11H,2,4,6-8H2,1,3H3,(H,17,19). The van der Waals surface area contributed by atoms with Gasteiger partial charge in [0.1, 0.15) is 0 Å². The summed E-state index contributed by atoms with van der Waals surface area (Å²) < 4.78 is 0. The van der Waals surface area contributed by atoms with Gasteiger partial charge in [0.05, 0.1) is 11.1 Å². The van der Waals surface area contributed by atoms with Crippen LogP contribution in [0.1, 0.15) is 40.5 Å². The number of hydrogen-bond acceptors (Lipinski definition) is 3. The normalized spacial score (nSPS) is 9.90. The Morgan fingerprint density at radius 3 is 2.75 bits per heavy atom. The Balaban J connectivity index is 2.79. The minimum Gasteiger partial charge on any atom is -0.349 e. The van der Waals surface area contributed by atoms with Crippen molar-refractivity contribution in [1.29, 1.82) is 0 Å². The zero-order valence-corrected chi connectivity index (χ0v) is 12.1. The van der Waals surface area contributed by atoms with Crippen LogP contribution < -0.4 is 5.32 Å². The lowest BCUT2D eigenvalue weighted by atomic mass is 10.1. The number of aromatic nitrogens is 1. The molecule has 5 heteroatoms. The summed E-state index contributed by atoms with van der Waals surface area (Å²) in [6.07, 6.45) is 6.50. The molecule has 1 heterocycles. The number of carbonyl (C=O) groups is 2. The molecule has 0 aromatic carbocycles. The van der Waals surface area contributed by atoms with Gasteiger partial charge in [0, 0.05) is 32.5 Å². The molecule has 1 N–H and O–H groups in total. The molecule has 0 aliphatic carbocycles. The predicted molar refractivity (Wildman–Crippen MR) is 78.6 cm³/mol. The van der Waals surface area contributed by atoms with Crippen molar-refractivity contribution >= 4 is 11.8 Å². The molecular formula is C15H21N3O2. The average molecular weight is 275 g/mol. The molecule has 2 amide bonds. The zero-order chi connectivity index (χ0) is 15.0. The van der Waals surface area contributed by atoms with Gasteiger partial charge in [-0.15, -0.1) is 6.58 Å². The summed E-state index contributed by atoms with van der Waals surface area (Å²) in [5.41, 5.74) is 0.802. The molecule has 0 spiro atoms. The van der Waals surface area contributed by atoms with E-state index in [1.54, 1.807) is 24.1 Å². The summed E-state index contributed by atoms with van der Waals surface area (Å²) in [4.78, 5) is 29.6. The second-order valence-electron chi connectivity index (χ2n) is 4.54. The highest BCUT2D eigenvalue weighted by Gasteiger charge is 2.14. The molecule has 0 atom stereocenters. The summed E-state index contributed by atoms with van der Waals surface area (Å²) in [5, 5.41) is 2.66. The van der Waals surface area contributed by atoms with Crippen molar-refractivity contribution in [2.45, 2.75) is 19.8 Å². The average Bonchev–Trinajstić information content (AvgIpc) is 2.49. The van der Waals surface area contributed by atoms with E-state index in [-0.39, 0.29) is 11.8 Å². The minimum absolute atomic E-state index is 0.121. The molecule has 0 fully saturated rings. The van der Waals surface area contributed by atoms with E-state index in [0.717, 1.165) is 12.8 Å². The fourth-order valence-corrected chi connectivity index (χ4v) is 1.67. The van der Waals surface area contributed by atoms with Crippen LogP contribution in [-0.2, 0) is 0 Å². The first-order chi connectivity index (χ1) is 9.60. The maximum atomic E-state index is 12.2. The first kappa shape index (κ1) is 15.9. The van der Waals surface area contributed by atoms with Crippen molar-refractivity contribution in [3.63, 3.8) is 0 Å². The third kappa shape index (κ3) is 4.50. The Hall–Kier alpha value is -2.17. The Morgan fingerprint density at radius 1 is 1.40 bits per heavy atom. The third-order valence-electron chi connectivity index (χ3n) is 2.85. The lowest BCUT2D eigenvalue weighted by Gasteiger charge is -2.16.